The summed E-state index contributed by atoms with van der Waals surface area (Å²) in [6.45, 7) is 3.52. The molecule has 26 heavy (non-hydrogen) atoms. The zero-order chi connectivity index (χ0) is 18.7. The van der Waals surface area contributed by atoms with Gasteiger partial charge in [-0.15, -0.1) is 0 Å². The molecule has 0 aliphatic rings. The fourth-order valence-electron chi connectivity index (χ4n) is 2.50. The largest absolute Gasteiger partial charge is 0.462 e. The van der Waals surface area contributed by atoms with E-state index in [-0.39, 0.29) is 18.7 Å². The predicted molar refractivity (Wildman–Crippen MR) is 99.6 cm³/mol. The first-order valence-corrected chi connectivity index (χ1v) is 8.84. The number of nitrogens with one attached hydrogen (secondary N) is 1. The van der Waals surface area contributed by atoms with Crippen LogP contribution in [0.5, 0.6) is 0 Å². The molecule has 0 saturated heterocycles. The van der Waals surface area contributed by atoms with Gasteiger partial charge in [-0.05, 0) is 31.4 Å². The van der Waals surface area contributed by atoms with Crippen LogP contribution in [0, 0.1) is 6.92 Å². The minimum absolute atomic E-state index is 0.142. The number of anilines is 1. The molecule has 0 spiro atoms. The van der Waals surface area contributed by atoms with Crippen molar-refractivity contribution < 1.29 is 14.3 Å². The number of rotatable bonds is 5. The normalized spacial score (nSPS) is 10.7. The summed E-state index contributed by atoms with van der Waals surface area (Å²) < 4.78 is 6.29. The molecule has 0 unspecified atom stereocenters. The summed E-state index contributed by atoms with van der Waals surface area (Å²) in [5, 5.41) is 4.30. The summed E-state index contributed by atoms with van der Waals surface area (Å²) >= 11 is 1.05. The van der Waals surface area contributed by atoms with Crippen molar-refractivity contribution in [1.29, 1.82) is 0 Å². The van der Waals surface area contributed by atoms with Gasteiger partial charge in [0.15, 0.2) is 5.13 Å². The number of fused-ring (bicyclic) bond motifs is 1. The molecule has 0 bridgehead atoms. The van der Waals surface area contributed by atoms with E-state index in [0.717, 1.165) is 16.7 Å². The second kappa shape index (κ2) is 7.49. The SMILES string of the molecule is CCOC(=O)c1sc(NC(=O)Cn2ccc3ccccc3c2=O)nc1C. The number of amides is 1. The minimum Gasteiger partial charge on any atom is -0.462 e. The Kier molecular flexibility index (Phi) is 5.13. The third-order valence-corrected chi connectivity index (χ3v) is 4.76. The lowest BCUT2D eigenvalue weighted by molar-refractivity contribution is -0.116. The number of esters is 1. The Hall–Kier alpha value is -3.00. The monoisotopic (exact) mass is 371 g/mol. The smallest absolute Gasteiger partial charge is 0.350 e. The van der Waals surface area contributed by atoms with Crippen molar-refractivity contribution in [2.75, 3.05) is 11.9 Å². The van der Waals surface area contributed by atoms with Crippen molar-refractivity contribution >= 4 is 39.1 Å². The van der Waals surface area contributed by atoms with Gasteiger partial charge in [-0.25, -0.2) is 9.78 Å². The summed E-state index contributed by atoms with van der Waals surface area (Å²) in [4.78, 5) is 41.0. The van der Waals surface area contributed by atoms with E-state index in [0.29, 0.717) is 21.1 Å². The van der Waals surface area contributed by atoms with E-state index in [1.807, 2.05) is 12.1 Å². The second-order valence-electron chi connectivity index (χ2n) is 5.54. The summed E-state index contributed by atoms with van der Waals surface area (Å²) in [7, 11) is 0. The number of hydrogen-bond donors (Lipinski definition) is 1. The molecule has 1 amide bonds. The van der Waals surface area contributed by atoms with E-state index in [1.165, 1.54) is 4.57 Å². The zero-order valence-electron chi connectivity index (χ0n) is 14.3. The third-order valence-electron chi connectivity index (χ3n) is 3.70. The van der Waals surface area contributed by atoms with Crippen LogP contribution in [-0.2, 0) is 16.1 Å². The Bertz CT molecular complexity index is 1040. The van der Waals surface area contributed by atoms with Gasteiger partial charge in [-0.1, -0.05) is 29.5 Å². The topological polar surface area (TPSA) is 90.3 Å². The molecule has 8 heteroatoms. The Labute approximate surface area is 153 Å². The number of carbonyl (C=O) groups excluding carboxylic acids is 2. The number of aromatic nitrogens is 2. The van der Waals surface area contributed by atoms with Crippen molar-refractivity contribution in [3.05, 3.63) is 57.5 Å². The molecule has 0 atom stereocenters. The molecule has 7 nitrogen and oxygen atoms in total. The van der Waals surface area contributed by atoms with Gasteiger partial charge in [0.25, 0.3) is 5.56 Å². The second-order valence-corrected chi connectivity index (χ2v) is 6.54. The first kappa shape index (κ1) is 17.8. The molecule has 0 aliphatic heterocycles. The van der Waals surface area contributed by atoms with Crippen LogP contribution >= 0.6 is 11.3 Å². The lowest BCUT2D eigenvalue weighted by Crippen LogP contribution is -2.27. The van der Waals surface area contributed by atoms with E-state index in [1.54, 1.807) is 38.2 Å². The van der Waals surface area contributed by atoms with Gasteiger partial charge >= 0.3 is 5.97 Å². The van der Waals surface area contributed by atoms with Crippen LogP contribution in [-0.4, -0.2) is 28.0 Å². The number of benzene rings is 1. The predicted octanol–water partition coefficient (Wildman–Crippen LogP) is 2.58. The van der Waals surface area contributed by atoms with Crippen LogP contribution in [0.4, 0.5) is 5.13 Å². The van der Waals surface area contributed by atoms with Crippen LogP contribution in [0.1, 0.15) is 22.3 Å². The average Bonchev–Trinajstić information content (AvgIpc) is 2.98. The maximum Gasteiger partial charge on any atom is 0.350 e. The van der Waals surface area contributed by atoms with E-state index in [4.69, 9.17) is 4.74 Å². The van der Waals surface area contributed by atoms with Gasteiger partial charge in [0.2, 0.25) is 5.91 Å². The van der Waals surface area contributed by atoms with E-state index in [2.05, 4.69) is 10.3 Å². The molecule has 0 saturated carbocycles. The van der Waals surface area contributed by atoms with E-state index >= 15 is 0 Å². The lowest BCUT2D eigenvalue weighted by atomic mass is 10.2. The quantitative estimate of drug-likeness (QED) is 0.696. The van der Waals surface area contributed by atoms with E-state index in [9.17, 15) is 14.4 Å². The third kappa shape index (κ3) is 3.65. The highest BCUT2D eigenvalue weighted by atomic mass is 32.1. The number of ether oxygens (including phenoxy) is 1. The average molecular weight is 371 g/mol. The van der Waals surface area contributed by atoms with Crippen molar-refractivity contribution in [2.24, 2.45) is 0 Å². The number of nitrogens with zero attached hydrogens (tertiary/aromatic N) is 2. The molecule has 134 valence electrons. The van der Waals surface area contributed by atoms with Crippen LogP contribution in [0.2, 0.25) is 0 Å². The van der Waals surface area contributed by atoms with Crippen LogP contribution in [0.15, 0.2) is 41.3 Å². The van der Waals surface area contributed by atoms with Gasteiger partial charge in [0.05, 0.1) is 12.3 Å². The fourth-order valence-corrected chi connectivity index (χ4v) is 3.38. The molecule has 3 rings (SSSR count). The van der Waals surface area contributed by atoms with Crippen molar-refractivity contribution in [2.45, 2.75) is 20.4 Å². The fraction of sp³-hybridized carbons (Fsp3) is 0.222. The number of hydrogen-bond acceptors (Lipinski definition) is 6. The summed E-state index contributed by atoms with van der Waals surface area (Å²) in [5.41, 5.74) is 0.257. The molecule has 0 fully saturated rings. The molecule has 3 aromatic rings. The number of thiazole rings is 1. The van der Waals surface area contributed by atoms with Gasteiger partial charge in [-0.3, -0.25) is 9.59 Å². The molecule has 0 radical (unpaired) electrons. The number of aryl methyl sites for hydroxylation is 1. The van der Waals surface area contributed by atoms with E-state index < -0.39 is 11.9 Å². The maximum absolute atomic E-state index is 12.4. The molecular weight excluding hydrogens is 354 g/mol. The Morgan fingerprint density at radius 1 is 1.27 bits per heavy atom. The zero-order valence-corrected chi connectivity index (χ0v) is 15.1. The number of carbonyl (C=O) groups is 2. The molecular formula is C18H17N3O4S. The van der Waals surface area contributed by atoms with Crippen molar-refractivity contribution in [1.82, 2.24) is 9.55 Å². The van der Waals surface area contributed by atoms with Crippen LogP contribution in [0.25, 0.3) is 10.8 Å². The Morgan fingerprint density at radius 3 is 2.81 bits per heavy atom. The Morgan fingerprint density at radius 2 is 2.04 bits per heavy atom. The summed E-state index contributed by atoms with van der Waals surface area (Å²) in [6.07, 6.45) is 1.58. The van der Waals surface area contributed by atoms with Crippen molar-refractivity contribution in [3.63, 3.8) is 0 Å². The molecule has 1 aromatic carbocycles. The molecule has 1 N–H and O–H groups in total. The highest BCUT2D eigenvalue weighted by molar-refractivity contribution is 7.17. The van der Waals surface area contributed by atoms with Gasteiger partial charge in [0.1, 0.15) is 11.4 Å². The van der Waals surface area contributed by atoms with Crippen molar-refractivity contribution in [3.8, 4) is 0 Å². The first-order chi connectivity index (χ1) is 12.5. The van der Waals surface area contributed by atoms with Crippen LogP contribution < -0.4 is 10.9 Å². The molecule has 2 heterocycles. The van der Waals surface area contributed by atoms with Gasteiger partial charge in [-0.2, -0.15) is 0 Å². The maximum atomic E-state index is 12.4. The minimum atomic E-state index is -0.464. The highest BCUT2D eigenvalue weighted by Crippen LogP contribution is 2.23. The van der Waals surface area contributed by atoms with Crippen LogP contribution in [0.3, 0.4) is 0 Å². The lowest BCUT2D eigenvalue weighted by Gasteiger charge is -2.06. The standard InChI is InChI=1S/C18H17N3O4S/c1-3-25-17(24)15-11(2)19-18(26-15)20-14(22)10-21-9-8-12-6-4-5-7-13(12)16(21)23/h4-9H,3,10H2,1-2H3,(H,19,20,22). The first-order valence-electron chi connectivity index (χ1n) is 8.02. The molecule has 0 aliphatic carbocycles. The number of pyridine rings is 1. The summed E-state index contributed by atoms with van der Waals surface area (Å²) in [6, 6.07) is 8.99. The summed E-state index contributed by atoms with van der Waals surface area (Å²) in [5.74, 6) is -0.861. The van der Waals surface area contributed by atoms with Gasteiger partial charge < -0.3 is 14.6 Å². The molecule has 2 aromatic heterocycles. The Balaban J connectivity index is 1.76. The highest BCUT2D eigenvalue weighted by Gasteiger charge is 2.17. The van der Waals surface area contributed by atoms with Gasteiger partial charge in [0, 0.05) is 11.6 Å².